The van der Waals surface area contributed by atoms with E-state index >= 15 is 0 Å². The summed E-state index contributed by atoms with van der Waals surface area (Å²) in [5.74, 6) is 2.03. The van der Waals surface area contributed by atoms with E-state index in [1.54, 1.807) is 11.3 Å². The summed E-state index contributed by atoms with van der Waals surface area (Å²) in [6, 6.07) is 12.7. The van der Waals surface area contributed by atoms with Crippen LogP contribution in [0.15, 0.2) is 46.2 Å². The Hall–Kier alpha value is -1.74. The average Bonchev–Trinajstić information content (AvgIpc) is 3.04. The molecule has 3 heteroatoms. The molecule has 0 aliphatic heterocycles. The fourth-order valence-electron chi connectivity index (χ4n) is 1.97. The molecule has 92 valence electrons. The fourth-order valence-corrected chi connectivity index (χ4v) is 2.74. The lowest BCUT2D eigenvalue weighted by atomic mass is 10.2. The molecule has 0 unspecified atom stereocenters. The smallest absolute Gasteiger partial charge is 0.123 e. The molecule has 0 bridgehead atoms. The van der Waals surface area contributed by atoms with Gasteiger partial charge in [-0.2, -0.15) is 0 Å². The quantitative estimate of drug-likeness (QED) is 0.734. The SMILES string of the molecule is CCc1ccc(CNc2ccc3sccc3c2)o1. The van der Waals surface area contributed by atoms with E-state index in [1.165, 1.54) is 10.1 Å². The molecule has 0 spiro atoms. The summed E-state index contributed by atoms with van der Waals surface area (Å²) in [4.78, 5) is 0. The first-order valence-corrected chi connectivity index (χ1v) is 7.02. The van der Waals surface area contributed by atoms with Gasteiger partial charge in [0.2, 0.25) is 0 Å². The lowest BCUT2D eigenvalue weighted by Gasteiger charge is -2.04. The van der Waals surface area contributed by atoms with Crippen LogP contribution in [0.1, 0.15) is 18.4 Å². The largest absolute Gasteiger partial charge is 0.464 e. The van der Waals surface area contributed by atoms with E-state index in [0.29, 0.717) is 0 Å². The number of nitrogens with one attached hydrogen (secondary N) is 1. The van der Waals surface area contributed by atoms with Crippen LogP contribution in [0, 0.1) is 0 Å². The van der Waals surface area contributed by atoms with Crippen LogP contribution in [0.3, 0.4) is 0 Å². The lowest BCUT2D eigenvalue weighted by Crippen LogP contribution is -1.97. The molecular formula is C15H15NOS. The van der Waals surface area contributed by atoms with Crippen molar-refractivity contribution in [3.63, 3.8) is 0 Å². The van der Waals surface area contributed by atoms with E-state index in [4.69, 9.17) is 4.42 Å². The van der Waals surface area contributed by atoms with Gasteiger partial charge in [0.25, 0.3) is 0 Å². The number of aryl methyl sites for hydroxylation is 1. The van der Waals surface area contributed by atoms with Gasteiger partial charge in [-0.15, -0.1) is 11.3 Å². The van der Waals surface area contributed by atoms with Gasteiger partial charge in [0.1, 0.15) is 11.5 Å². The Balaban J connectivity index is 1.72. The van der Waals surface area contributed by atoms with Gasteiger partial charge in [-0.05, 0) is 47.2 Å². The van der Waals surface area contributed by atoms with Crippen LogP contribution in [-0.2, 0) is 13.0 Å². The van der Waals surface area contributed by atoms with Crippen molar-refractivity contribution in [1.29, 1.82) is 0 Å². The van der Waals surface area contributed by atoms with Crippen LogP contribution in [0.25, 0.3) is 10.1 Å². The summed E-state index contributed by atoms with van der Waals surface area (Å²) in [6.45, 7) is 2.83. The van der Waals surface area contributed by atoms with E-state index < -0.39 is 0 Å². The predicted molar refractivity (Wildman–Crippen MR) is 77.2 cm³/mol. The van der Waals surface area contributed by atoms with Gasteiger partial charge in [-0.1, -0.05) is 6.92 Å². The monoisotopic (exact) mass is 257 g/mol. The summed E-state index contributed by atoms with van der Waals surface area (Å²) in [5.41, 5.74) is 1.13. The van der Waals surface area contributed by atoms with Crippen LogP contribution in [-0.4, -0.2) is 0 Å². The van der Waals surface area contributed by atoms with Gasteiger partial charge < -0.3 is 9.73 Å². The Morgan fingerprint density at radius 1 is 1.11 bits per heavy atom. The molecule has 2 heterocycles. The molecule has 1 aromatic carbocycles. The molecule has 2 aromatic heterocycles. The van der Waals surface area contributed by atoms with Crippen molar-refractivity contribution in [3.05, 3.63) is 53.3 Å². The predicted octanol–water partition coefficient (Wildman–Crippen LogP) is 4.67. The first kappa shape index (κ1) is 11.4. The van der Waals surface area contributed by atoms with E-state index in [9.17, 15) is 0 Å². The molecule has 1 N–H and O–H groups in total. The maximum absolute atomic E-state index is 5.67. The molecule has 3 aromatic rings. The molecule has 0 amide bonds. The van der Waals surface area contributed by atoms with E-state index in [2.05, 4.69) is 41.9 Å². The van der Waals surface area contributed by atoms with Crippen molar-refractivity contribution >= 4 is 27.1 Å². The Labute approximate surface area is 110 Å². The zero-order valence-corrected chi connectivity index (χ0v) is 11.1. The zero-order valence-electron chi connectivity index (χ0n) is 10.3. The molecule has 18 heavy (non-hydrogen) atoms. The van der Waals surface area contributed by atoms with E-state index in [-0.39, 0.29) is 0 Å². The molecule has 0 radical (unpaired) electrons. The number of hydrogen-bond donors (Lipinski definition) is 1. The van der Waals surface area contributed by atoms with Crippen molar-refractivity contribution in [2.24, 2.45) is 0 Å². The van der Waals surface area contributed by atoms with Gasteiger partial charge in [0, 0.05) is 16.8 Å². The number of fused-ring (bicyclic) bond motifs is 1. The summed E-state index contributed by atoms with van der Waals surface area (Å²) < 4.78 is 6.99. The first-order chi connectivity index (χ1) is 8.85. The molecule has 2 nitrogen and oxygen atoms in total. The van der Waals surface area contributed by atoms with Crippen molar-refractivity contribution in [1.82, 2.24) is 0 Å². The second-order valence-corrected chi connectivity index (χ2v) is 5.20. The maximum atomic E-state index is 5.67. The second-order valence-electron chi connectivity index (χ2n) is 4.25. The van der Waals surface area contributed by atoms with Crippen molar-refractivity contribution in [3.8, 4) is 0 Å². The average molecular weight is 257 g/mol. The van der Waals surface area contributed by atoms with Crippen LogP contribution in [0.2, 0.25) is 0 Å². The van der Waals surface area contributed by atoms with E-state index in [0.717, 1.165) is 30.2 Å². The second kappa shape index (κ2) is 4.86. The molecular weight excluding hydrogens is 242 g/mol. The highest BCUT2D eigenvalue weighted by Crippen LogP contribution is 2.24. The minimum atomic E-state index is 0.732. The third-order valence-electron chi connectivity index (χ3n) is 2.98. The number of rotatable bonds is 4. The van der Waals surface area contributed by atoms with Crippen LogP contribution >= 0.6 is 11.3 Å². The Bertz CT molecular complexity index is 653. The summed E-state index contributed by atoms with van der Waals surface area (Å²) in [6.07, 6.45) is 0.945. The molecule has 0 aliphatic carbocycles. The van der Waals surface area contributed by atoms with Crippen LogP contribution < -0.4 is 5.32 Å². The number of thiophene rings is 1. The number of anilines is 1. The van der Waals surface area contributed by atoms with Gasteiger partial charge in [-0.25, -0.2) is 0 Å². The highest BCUT2D eigenvalue weighted by atomic mass is 32.1. The molecule has 0 atom stereocenters. The highest BCUT2D eigenvalue weighted by molar-refractivity contribution is 7.17. The Kier molecular flexibility index (Phi) is 3.07. The van der Waals surface area contributed by atoms with Gasteiger partial charge >= 0.3 is 0 Å². The lowest BCUT2D eigenvalue weighted by molar-refractivity contribution is 0.476. The number of furan rings is 1. The summed E-state index contributed by atoms with van der Waals surface area (Å²) in [5, 5.41) is 6.80. The normalized spacial score (nSPS) is 10.9. The minimum Gasteiger partial charge on any atom is -0.464 e. The molecule has 0 saturated carbocycles. The Morgan fingerprint density at radius 3 is 2.83 bits per heavy atom. The molecule has 3 rings (SSSR count). The van der Waals surface area contributed by atoms with Crippen molar-refractivity contribution in [2.75, 3.05) is 5.32 Å². The van der Waals surface area contributed by atoms with Gasteiger partial charge in [0.05, 0.1) is 6.54 Å². The summed E-state index contributed by atoms with van der Waals surface area (Å²) >= 11 is 1.77. The maximum Gasteiger partial charge on any atom is 0.123 e. The summed E-state index contributed by atoms with van der Waals surface area (Å²) in [7, 11) is 0. The molecule has 0 saturated heterocycles. The van der Waals surface area contributed by atoms with Gasteiger partial charge in [0.15, 0.2) is 0 Å². The molecule has 0 aliphatic rings. The van der Waals surface area contributed by atoms with Gasteiger partial charge in [-0.3, -0.25) is 0 Å². The zero-order chi connectivity index (χ0) is 12.4. The van der Waals surface area contributed by atoms with Crippen LogP contribution in [0.4, 0.5) is 5.69 Å². The third kappa shape index (κ3) is 2.27. The van der Waals surface area contributed by atoms with Crippen molar-refractivity contribution < 1.29 is 4.42 Å². The molecule has 0 fully saturated rings. The third-order valence-corrected chi connectivity index (χ3v) is 3.88. The van der Waals surface area contributed by atoms with Crippen molar-refractivity contribution in [2.45, 2.75) is 19.9 Å². The standard InChI is InChI=1S/C15H15NOS/c1-2-13-4-5-14(17-13)10-16-12-3-6-15-11(9-12)7-8-18-15/h3-9,16H,2,10H2,1H3. The number of benzene rings is 1. The Morgan fingerprint density at radius 2 is 2.00 bits per heavy atom. The van der Waals surface area contributed by atoms with E-state index in [1.807, 2.05) is 12.1 Å². The first-order valence-electron chi connectivity index (χ1n) is 6.14. The highest BCUT2D eigenvalue weighted by Gasteiger charge is 2.01. The number of hydrogen-bond acceptors (Lipinski definition) is 3. The van der Waals surface area contributed by atoms with Crippen LogP contribution in [0.5, 0.6) is 0 Å². The fraction of sp³-hybridized carbons (Fsp3) is 0.200. The minimum absolute atomic E-state index is 0.732. The topological polar surface area (TPSA) is 25.2 Å².